The average Bonchev–Trinajstić information content (AvgIpc) is 3.14. The molecule has 2 heterocycles. The molecule has 1 aliphatic carbocycles. The normalized spacial score (nSPS) is 25.6. The van der Waals surface area contributed by atoms with Crippen LogP contribution in [0.1, 0.15) is 50.4 Å². The highest BCUT2D eigenvalue weighted by molar-refractivity contribution is 5.77. The standard InChI is InChI=1S/C19H30N4O3/c1-26-19(25)14-4-2-13(3-5-14)16(18(20)24)12-17-22-10-11-23(17)15-6-8-21-9-7-15/h10-11,13-16,21H,2-9,12H2,1H3,(H2,20,24). The number of ether oxygens (including phenoxy) is 1. The number of amides is 1. The fourth-order valence-corrected chi connectivity index (χ4v) is 4.54. The first kappa shape index (κ1) is 18.9. The Morgan fingerprint density at radius 3 is 2.58 bits per heavy atom. The highest BCUT2D eigenvalue weighted by Crippen LogP contribution is 2.35. The van der Waals surface area contributed by atoms with E-state index in [1.165, 1.54) is 7.11 Å². The van der Waals surface area contributed by atoms with Crippen LogP contribution in [0.5, 0.6) is 0 Å². The van der Waals surface area contributed by atoms with Gasteiger partial charge in [0.2, 0.25) is 5.91 Å². The van der Waals surface area contributed by atoms with Gasteiger partial charge in [-0.1, -0.05) is 0 Å². The molecule has 0 aromatic carbocycles. The Bertz CT molecular complexity index is 616. The summed E-state index contributed by atoms with van der Waals surface area (Å²) in [6, 6.07) is 0.442. The summed E-state index contributed by atoms with van der Waals surface area (Å²) < 4.78 is 7.08. The SMILES string of the molecule is COC(=O)C1CCC(C(Cc2nccn2C2CCNCC2)C(N)=O)CC1. The van der Waals surface area contributed by atoms with Gasteiger partial charge in [0, 0.05) is 30.8 Å². The van der Waals surface area contributed by atoms with Crippen molar-refractivity contribution in [2.75, 3.05) is 20.2 Å². The van der Waals surface area contributed by atoms with Crippen molar-refractivity contribution in [3.05, 3.63) is 18.2 Å². The minimum absolute atomic E-state index is 0.0403. The maximum absolute atomic E-state index is 12.2. The molecular weight excluding hydrogens is 332 g/mol. The van der Waals surface area contributed by atoms with Gasteiger partial charge in [-0.3, -0.25) is 9.59 Å². The second-order valence-electron chi connectivity index (χ2n) is 7.58. The number of nitrogens with zero attached hydrogens (tertiary/aromatic N) is 2. The number of methoxy groups -OCH3 is 1. The molecule has 3 rings (SSSR count). The number of aromatic nitrogens is 2. The lowest BCUT2D eigenvalue weighted by Gasteiger charge is -2.32. The predicted octanol–water partition coefficient (Wildman–Crippen LogP) is 1.43. The first-order valence-electron chi connectivity index (χ1n) is 9.69. The third-order valence-electron chi connectivity index (χ3n) is 6.09. The van der Waals surface area contributed by atoms with Gasteiger partial charge in [-0.05, 0) is 57.5 Å². The number of nitrogens with two attached hydrogens (primary N) is 1. The predicted molar refractivity (Wildman–Crippen MR) is 97.2 cm³/mol. The summed E-state index contributed by atoms with van der Waals surface area (Å²) in [5.74, 6) is 0.507. The third kappa shape index (κ3) is 4.26. The second kappa shape index (κ2) is 8.66. The van der Waals surface area contributed by atoms with Crippen LogP contribution in [-0.2, 0) is 20.7 Å². The highest BCUT2D eigenvalue weighted by atomic mass is 16.5. The molecule has 1 atom stereocenters. The van der Waals surface area contributed by atoms with E-state index in [0.717, 1.165) is 57.4 Å². The quantitative estimate of drug-likeness (QED) is 0.746. The average molecular weight is 362 g/mol. The summed E-state index contributed by atoms with van der Waals surface area (Å²) in [6.07, 6.45) is 9.79. The monoisotopic (exact) mass is 362 g/mol. The molecule has 1 aromatic rings. The number of piperidine rings is 1. The van der Waals surface area contributed by atoms with Crippen molar-refractivity contribution >= 4 is 11.9 Å². The van der Waals surface area contributed by atoms with Gasteiger partial charge in [0.05, 0.1) is 13.0 Å². The first-order valence-corrected chi connectivity index (χ1v) is 9.69. The Kier molecular flexibility index (Phi) is 6.29. The zero-order valence-corrected chi connectivity index (χ0v) is 15.5. The molecule has 26 heavy (non-hydrogen) atoms. The van der Waals surface area contributed by atoms with Crippen LogP contribution >= 0.6 is 0 Å². The van der Waals surface area contributed by atoms with Crippen LogP contribution in [-0.4, -0.2) is 41.6 Å². The summed E-state index contributed by atoms with van der Waals surface area (Å²) in [4.78, 5) is 28.4. The van der Waals surface area contributed by atoms with E-state index in [1.807, 2.05) is 12.4 Å². The van der Waals surface area contributed by atoms with Crippen LogP contribution in [0.3, 0.4) is 0 Å². The van der Waals surface area contributed by atoms with Crippen LogP contribution in [0.4, 0.5) is 0 Å². The van der Waals surface area contributed by atoms with Crippen molar-refractivity contribution in [3.8, 4) is 0 Å². The molecular formula is C19H30N4O3. The smallest absolute Gasteiger partial charge is 0.308 e. The molecule has 1 saturated carbocycles. The molecule has 3 N–H and O–H groups in total. The number of nitrogens with one attached hydrogen (secondary N) is 1. The van der Waals surface area contributed by atoms with E-state index in [4.69, 9.17) is 10.5 Å². The summed E-state index contributed by atoms with van der Waals surface area (Å²) in [5, 5.41) is 3.38. The minimum atomic E-state index is -0.258. The zero-order chi connectivity index (χ0) is 18.5. The van der Waals surface area contributed by atoms with Gasteiger partial charge < -0.3 is 20.4 Å². The van der Waals surface area contributed by atoms with Crippen LogP contribution in [0, 0.1) is 17.8 Å². The largest absolute Gasteiger partial charge is 0.469 e. The maximum Gasteiger partial charge on any atom is 0.308 e. The highest BCUT2D eigenvalue weighted by Gasteiger charge is 2.34. The van der Waals surface area contributed by atoms with E-state index in [1.54, 1.807) is 0 Å². The van der Waals surface area contributed by atoms with E-state index in [2.05, 4.69) is 14.9 Å². The van der Waals surface area contributed by atoms with E-state index < -0.39 is 0 Å². The Hall–Kier alpha value is -1.89. The van der Waals surface area contributed by atoms with Gasteiger partial charge in [0.1, 0.15) is 5.82 Å². The summed E-state index contributed by atoms with van der Waals surface area (Å²) >= 11 is 0. The van der Waals surface area contributed by atoms with E-state index in [9.17, 15) is 9.59 Å². The number of carbonyl (C=O) groups excluding carboxylic acids is 2. The number of primary amides is 1. The fourth-order valence-electron chi connectivity index (χ4n) is 4.54. The van der Waals surface area contributed by atoms with Crippen molar-refractivity contribution in [2.24, 2.45) is 23.5 Å². The fraction of sp³-hybridized carbons (Fsp3) is 0.737. The topological polar surface area (TPSA) is 99.2 Å². The molecule has 1 saturated heterocycles. The van der Waals surface area contributed by atoms with Gasteiger partial charge in [0.25, 0.3) is 0 Å². The third-order valence-corrected chi connectivity index (χ3v) is 6.09. The van der Waals surface area contributed by atoms with Crippen molar-refractivity contribution < 1.29 is 14.3 Å². The van der Waals surface area contributed by atoms with Gasteiger partial charge in [0.15, 0.2) is 0 Å². The number of hydrogen-bond donors (Lipinski definition) is 2. The molecule has 2 fully saturated rings. The summed E-state index contributed by atoms with van der Waals surface area (Å²) in [5.41, 5.74) is 5.76. The molecule has 0 radical (unpaired) electrons. The van der Waals surface area contributed by atoms with Crippen LogP contribution in [0.15, 0.2) is 12.4 Å². The van der Waals surface area contributed by atoms with E-state index in [-0.39, 0.29) is 29.6 Å². The molecule has 2 aliphatic rings. The molecule has 0 spiro atoms. The number of hydrogen-bond acceptors (Lipinski definition) is 5. The lowest BCUT2D eigenvalue weighted by atomic mass is 9.74. The van der Waals surface area contributed by atoms with Gasteiger partial charge in [-0.2, -0.15) is 0 Å². The molecule has 0 bridgehead atoms. The number of esters is 1. The van der Waals surface area contributed by atoms with Crippen LogP contribution in [0.25, 0.3) is 0 Å². The Morgan fingerprint density at radius 1 is 1.27 bits per heavy atom. The zero-order valence-electron chi connectivity index (χ0n) is 15.5. The van der Waals surface area contributed by atoms with Gasteiger partial charge >= 0.3 is 5.97 Å². The second-order valence-corrected chi connectivity index (χ2v) is 7.58. The van der Waals surface area contributed by atoms with Crippen LogP contribution < -0.4 is 11.1 Å². The maximum atomic E-state index is 12.2. The van der Waals surface area contributed by atoms with Crippen LogP contribution in [0.2, 0.25) is 0 Å². The first-order chi connectivity index (χ1) is 12.6. The molecule has 7 nitrogen and oxygen atoms in total. The Morgan fingerprint density at radius 2 is 1.96 bits per heavy atom. The van der Waals surface area contributed by atoms with E-state index in [0.29, 0.717) is 12.5 Å². The molecule has 1 unspecified atom stereocenters. The number of carbonyl (C=O) groups is 2. The van der Waals surface area contributed by atoms with Crippen molar-refractivity contribution in [1.29, 1.82) is 0 Å². The number of rotatable bonds is 6. The van der Waals surface area contributed by atoms with Gasteiger partial charge in [-0.25, -0.2) is 4.98 Å². The number of imidazole rings is 1. The van der Waals surface area contributed by atoms with E-state index >= 15 is 0 Å². The summed E-state index contributed by atoms with van der Waals surface area (Å²) in [6.45, 7) is 2.03. The molecule has 1 aliphatic heterocycles. The van der Waals surface area contributed by atoms with Crippen molar-refractivity contribution in [1.82, 2.24) is 14.9 Å². The Labute approximate surface area is 154 Å². The molecule has 144 valence electrons. The van der Waals surface area contributed by atoms with Crippen molar-refractivity contribution in [3.63, 3.8) is 0 Å². The summed E-state index contributed by atoms with van der Waals surface area (Å²) in [7, 11) is 1.43. The lowest BCUT2D eigenvalue weighted by molar-refractivity contribution is -0.147. The minimum Gasteiger partial charge on any atom is -0.469 e. The molecule has 1 amide bonds. The van der Waals surface area contributed by atoms with Crippen molar-refractivity contribution in [2.45, 2.75) is 51.0 Å². The molecule has 7 heteroatoms. The van der Waals surface area contributed by atoms with Gasteiger partial charge in [-0.15, -0.1) is 0 Å². The lowest BCUT2D eigenvalue weighted by Crippen LogP contribution is -2.36. The Balaban J connectivity index is 1.66. The molecule has 1 aromatic heterocycles.